The number of ether oxygens (including phenoxy) is 1. The molecule has 1 heterocycles. The van der Waals surface area contributed by atoms with Crippen molar-refractivity contribution in [3.8, 4) is 5.75 Å². The molecule has 20 heavy (non-hydrogen) atoms. The Labute approximate surface area is 117 Å². The van der Waals surface area contributed by atoms with Gasteiger partial charge in [0, 0.05) is 11.8 Å². The molecule has 1 N–H and O–H groups in total. The average molecular weight is 274 g/mol. The Morgan fingerprint density at radius 3 is 2.90 bits per heavy atom. The summed E-state index contributed by atoms with van der Waals surface area (Å²) in [7, 11) is 0. The number of aliphatic carboxylic acids is 1. The van der Waals surface area contributed by atoms with Crippen LogP contribution in [-0.4, -0.2) is 23.5 Å². The number of carboxylic acids is 1. The molecule has 1 fully saturated rings. The van der Waals surface area contributed by atoms with E-state index in [4.69, 9.17) is 9.84 Å². The number of carbonyl (C=O) groups is 2. The van der Waals surface area contributed by atoms with Crippen molar-refractivity contribution in [2.75, 3.05) is 6.61 Å². The van der Waals surface area contributed by atoms with Crippen LogP contribution in [0, 0.1) is 11.8 Å². The van der Waals surface area contributed by atoms with Crippen LogP contribution in [0.3, 0.4) is 0 Å². The molecular weight excluding hydrogens is 256 g/mol. The maximum Gasteiger partial charge on any atom is 0.307 e. The van der Waals surface area contributed by atoms with Crippen LogP contribution in [0.25, 0.3) is 0 Å². The first-order valence-corrected chi connectivity index (χ1v) is 7.17. The van der Waals surface area contributed by atoms with Gasteiger partial charge in [0.25, 0.3) is 0 Å². The molecular formula is C16H18O4. The van der Waals surface area contributed by atoms with Gasteiger partial charge in [0.05, 0.1) is 18.6 Å². The number of hydrogen-bond donors (Lipinski definition) is 1. The monoisotopic (exact) mass is 274 g/mol. The first kappa shape index (κ1) is 13.2. The second-order valence-electron chi connectivity index (χ2n) is 5.73. The Morgan fingerprint density at radius 2 is 2.10 bits per heavy atom. The highest BCUT2D eigenvalue weighted by Crippen LogP contribution is 2.38. The summed E-state index contributed by atoms with van der Waals surface area (Å²) in [6, 6.07) is 5.16. The number of ketones is 1. The third-order valence-corrected chi connectivity index (χ3v) is 4.37. The molecule has 0 saturated heterocycles. The molecule has 0 bridgehead atoms. The molecule has 4 nitrogen and oxygen atoms in total. The molecule has 0 amide bonds. The Morgan fingerprint density at radius 1 is 1.30 bits per heavy atom. The first-order valence-electron chi connectivity index (χ1n) is 7.17. The predicted octanol–water partition coefficient (Wildman–Crippen LogP) is 2.70. The number of hydrogen-bond acceptors (Lipinski definition) is 3. The van der Waals surface area contributed by atoms with Crippen molar-refractivity contribution in [1.29, 1.82) is 0 Å². The van der Waals surface area contributed by atoms with E-state index >= 15 is 0 Å². The van der Waals surface area contributed by atoms with Gasteiger partial charge in [0.15, 0.2) is 5.78 Å². The van der Waals surface area contributed by atoms with E-state index in [1.165, 1.54) is 6.42 Å². The largest absolute Gasteiger partial charge is 0.493 e. The van der Waals surface area contributed by atoms with E-state index in [1.807, 2.05) is 0 Å². The van der Waals surface area contributed by atoms with E-state index in [2.05, 4.69) is 0 Å². The van der Waals surface area contributed by atoms with Crippen molar-refractivity contribution < 1.29 is 19.4 Å². The summed E-state index contributed by atoms with van der Waals surface area (Å²) in [5, 5.41) is 8.84. The molecule has 2 aliphatic rings. The number of carboxylic acid groups (broad SMARTS) is 1. The molecule has 0 unspecified atom stereocenters. The van der Waals surface area contributed by atoms with E-state index < -0.39 is 5.97 Å². The minimum absolute atomic E-state index is 0.0440. The number of carbonyl (C=O) groups excluding carboxylic acids is 1. The number of benzene rings is 1. The zero-order valence-corrected chi connectivity index (χ0v) is 11.3. The normalized spacial score (nSPS) is 25.1. The quantitative estimate of drug-likeness (QED) is 0.900. The van der Waals surface area contributed by atoms with E-state index in [1.54, 1.807) is 18.2 Å². The minimum atomic E-state index is -0.876. The lowest BCUT2D eigenvalue weighted by Crippen LogP contribution is -2.28. The van der Waals surface area contributed by atoms with Crippen molar-refractivity contribution in [1.82, 2.24) is 0 Å². The van der Waals surface area contributed by atoms with Crippen LogP contribution >= 0.6 is 0 Å². The highest BCUT2D eigenvalue weighted by molar-refractivity contribution is 6.01. The fourth-order valence-corrected chi connectivity index (χ4v) is 3.32. The highest BCUT2D eigenvalue weighted by atomic mass is 16.5. The van der Waals surface area contributed by atoms with Crippen molar-refractivity contribution in [3.05, 3.63) is 29.3 Å². The van der Waals surface area contributed by atoms with Crippen LogP contribution in [0.15, 0.2) is 18.2 Å². The molecule has 1 saturated carbocycles. The van der Waals surface area contributed by atoms with E-state index in [0.717, 1.165) is 19.3 Å². The maximum atomic E-state index is 12.6. The second-order valence-corrected chi connectivity index (χ2v) is 5.73. The summed E-state index contributed by atoms with van der Waals surface area (Å²) in [5.41, 5.74) is 1.29. The Kier molecular flexibility index (Phi) is 3.47. The molecule has 2 atom stereocenters. The Hall–Kier alpha value is -1.84. The molecule has 1 aliphatic heterocycles. The number of fused-ring (bicyclic) bond motifs is 2. The molecule has 1 aliphatic carbocycles. The Bertz CT molecular complexity index is 549. The van der Waals surface area contributed by atoms with Gasteiger partial charge in [-0.05, 0) is 30.5 Å². The lowest BCUT2D eigenvalue weighted by molar-refractivity contribution is -0.136. The van der Waals surface area contributed by atoms with Crippen LogP contribution < -0.4 is 4.74 Å². The SMILES string of the molecule is O=C(O)Cc1ccc2c(c1)OC[C@H]1CCCC[C@H]1C2=O. The van der Waals surface area contributed by atoms with Crippen molar-refractivity contribution in [2.24, 2.45) is 11.8 Å². The lowest BCUT2D eigenvalue weighted by Gasteiger charge is -2.27. The molecule has 1 aromatic carbocycles. The predicted molar refractivity (Wildman–Crippen MR) is 73.1 cm³/mol. The van der Waals surface area contributed by atoms with Crippen molar-refractivity contribution in [2.45, 2.75) is 32.1 Å². The van der Waals surface area contributed by atoms with Gasteiger partial charge in [-0.3, -0.25) is 9.59 Å². The van der Waals surface area contributed by atoms with Gasteiger partial charge in [-0.25, -0.2) is 0 Å². The maximum absolute atomic E-state index is 12.6. The molecule has 0 radical (unpaired) electrons. The lowest BCUT2D eigenvalue weighted by atomic mass is 9.76. The summed E-state index contributed by atoms with van der Waals surface area (Å²) in [5.74, 6) is 0.243. The van der Waals surface area contributed by atoms with Crippen molar-refractivity contribution in [3.63, 3.8) is 0 Å². The van der Waals surface area contributed by atoms with Crippen molar-refractivity contribution >= 4 is 11.8 Å². The average Bonchev–Trinajstić information content (AvgIpc) is 2.57. The fraction of sp³-hybridized carbons (Fsp3) is 0.500. The smallest absolute Gasteiger partial charge is 0.307 e. The summed E-state index contributed by atoms with van der Waals surface area (Å²) >= 11 is 0. The number of rotatable bonds is 2. The van der Waals surface area contributed by atoms with Gasteiger partial charge < -0.3 is 9.84 Å². The standard InChI is InChI=1S/C16H18O4/c17-15(18)8-10-5-6-13-14(7-10)20-9-11-3-1-2-4-12(11)16(13)19/h5-7,11-12H,1-4,8-9H2,(H,17,18)/t11-,12-/m1/s1. The van der Waals surface area contributed by atoms with Gasteiger partial charge in [-0.2, -0.15) is 0 Å². The third-order valence-electron chi connectivity index (χ3n) is 4.37. The minimum Gasteiger partial charge on any atom is -0.493 e. The zero-order chi connectivity index (χ0) is 14.1. The topological polar surface area (TPSA) is 63.6 Å². The highest BCUT2D eigenvalue weighted by Gasteiger charge is 2.35. The Balaban J connectivity index is 1.92. The molecule has 1 aromatic rings. The molecule has 0 aromatic heterocycles. The van der Waals surface area contributed by atoms with E-state index in [0.29, 0.717) is 29.4 Å². The zero-order valence-electron chi connectivity index (χ0n) is 11.3. The third kappa shape index (κ3) is 2.42. The molecule has 4 heteroatoms. The first-order chi connectivity index (χ1) is 9.65. The second kappa shape index (κ2) is 5.27. The van der Waals surface area contributed by atoms with Crippen LogP contribution in [0.1, 0.15) is 41.6 Å². The fourth-order valence-electron chi connectivity index (χ4n) is 3.32. The summed E-state index contributed by atoms with van der Waals surface area (Å²) in [4.78, 5) is 23.4. The van der Waals surface area contributed by atoms with Crippen LogP contribution in [0.5, 0.6) is 5.75 Å². The van der Waals surface area contributed by atoms with Crippen LogP contribution in [0.2, 0.25) is 0 Å². The van der Waals surface area contributed by atoms with Gasteiger partial charge >= 0.3 is 5.97 Å². The van der Waals surface area contributed by atoms with Gasteiger partial charge in [0.1, 0.15) is 5.75 Å². The summed E-state index contributed by atoms with van der Waals surface area (Å²) in [6.45, 7) is 0.569. The van der Waals surface area contributed by atoms with Gasteiger partial charge in [-0.15, -0.1) is 0 Å². The number of Topliss-reactive ketones (excluding diaryl/α,β-unsaturated/α-hetero) is 1. The van der Waals surface area contributed by atoms with Gasteiger partial charge in [0.2, 0.25) is 0 Å². The molecule has 3 rings (SSSR count). The van der Waals surface area contributed by atoms with E-state index in [-0.39, 0.29) is 18.1 Å². The van der Waals surface area contributed by atoms with Crippen LogP contribution in [0.4, 0.5) is 0 Å². The van der Waals surface area contributed by atoms with Crippen LogP contribution in [-0.2, 0) is 11.2 Å². The summed E-state index contributed by atoms with van der Waals surface area (Å²) < 4.78 is 5.80. The van der Waals surface area contributed by atoms with E-state index in [9.17, 15) is 9.59 Å². The van der Waals surface area contributed by atoms with Gasteiger partial charge in [-0.1, -0.05) is 18.9 Å². The summed E-state index contributed by atoms with van der Waals surface area (Å²) in [6.07, 6.45) is 4.23. The molecule has 0 spiro atoms. The molecule has 106 valence electrons.